The van der Waals surface area contributed by atoms with Gasteiger partial charge in [0, 0.05) is 38.2 Å². The third-order valence-electron chi connectivity index (χ3n) is 3.63. The summed E-state index contributed by atoms with van der Waals surface area (Å²) in [5.41, 5.74) is 0.982. The van der Waals surface area contributed by atoms with Gasteiger partial charge < -0.3 is 15.1 Å². The van der Waals surface area contributed by atoms with Crippen molar-refractivity contribution in [2.24, 2.45) is 0 Å². The summed E-state index contributed by atoms with van der Waals surface area (Å²) >= 11 is 6.19. The number of urea groups is 1. The van der Waals surface area contributed by atoms with E-state index in [4.69, 9.17) is 11.6 Å². The van der Waals surface area contributed by atoms with Gasteiger partial charge in [0.2, 0.25) is 0 Å². The zero-order valence-electron chi connectivity index (χ0n) is 11.4. The highest BCUT2D eigenvalue weighted by Gasteiger charge is 2.24. The molecular weight excluding hydrogens is 262 g/mol. The van der Waals surface area contributed by atoms with Crippen LogP contribution >= 0.6 is 11.6 Å². The van der Waals surface area contributed by atoms with Crippen LogP contribution in [0, 0.1) is 0 Å². The van der Waals surface area contributed by atoms with Gasteiger partial charge in [-0.05, 0) is 18.6 Å². The van der Waals surface area contributed by atoms with Gasteiger partial charge in [-0.1, -0.05) is 29.8 Å². The summed E-state index contributed by atoms with van der Waals surface area (Å²) < 4.78 is 0. The molecule has 1 saturated heterocycles. The molecule has 1 aliphatic heterocycles. The van der Waals surface area contributed by atoms with Crippen molar-refractivity contribution in [2.75, 3.05) is 33.2 Å². The maximum atomic E-state index is 12.4. The van der Waals surface area contributed by atoms with E-state index < -0.39 is 0 Å². The molecule has 5 heteroatoms. The average Bonchev–Trinajstić information content (AvgIpc) is 2.46. The molecule has 0 aliphatic carbocycles. The third kappa shape index (κ3) is 3.19. The summed E-state index contributed by atoms with van der Waals surface area (Å²) in [5.74, 6) is 0. The van der Waals surface area contributed by atoms with Crippen LogP contribution in [0.15, 0.2) is 24.3 Å². The standard InChI is InChI=1S/C14H20ClN3O/c1-11(12-5-3-4-6-13(12)15)17(2)14(19)18-9-7-16-8-10-18/h3-6,11,16H,7-10H2,1-2H3. The molecule has 4 nitrogen and oxygen atoms in total. The van der Waals surface area contributed by atoms with Crippen molar-refractivity contribution in [1.29, 1.82) is 0 Å². The van der Waals surface area contributed by atoms with Crippen LogP contribution in [0.3, 0.4) is 0 Å². The molecule has 1 atom stereocenters. The number of carbonyl (C=O) groups is 1. The van der Waals surface area contributed by atoms with Crippen LogP contribution in [0.5, 0.6) is 0 Å². The van der Waals surface area contributed by atoms with Crippen LogP contribution in [0.25, 0.3) is 0 Å². The monoisotopic (exact) mass is 281 g/mol. The van der Waals surface area contributed by atoms with Gasteiger partial charge in [0.25, 0.3) is 0 Å². The molecule has 0 radical (unpaired) electrons. The summed E-state index contributed by atoms with van der Waals surface area (Å²) in [5, 5.41) is 3.95. The van der Waals surface area contributed by atoms with Crippen molar-refractivity contribution in [3.05, 3.63) is 34.9 Å². The Balaban J connectivity index is 2.08. The van der Waals surface area contributed by atoms with Crippen LogP contribution in [-0.4, -0.2) is 49.1 Å². The number of nitrogens with one attached hydrogen (secondary N) is 1. The molecule has 1 aromatic carbocycles. The fraction of sp³-hybridized carbons (Fsp3) is 0.500. The minimum atomic E-state index is -0.0314. The number of amides is 2. The van der Waals surface area contributed by atoms with E-state index in [1.165, 1.54) is 0 Å². The van der Waals surface area contributed by atoms with Gasteiger partial charge in [-0.3, -0.25) is 0 Å². The normalized spacial score (nSPS) is 17.1. The average molecular weight is 282 g/mol. The second-order valence-electron chi connectivity index (χ2n) is 4.83. The fourth-order valence-electron chi connectivity index (χ4n) is 2.27. The number of hydrogen-bond donors (Lipinski definition) is 1. The molecule has 1 aromatic rings. The lowest BCUT2D eigenvalue weighted by Gasteiger charge is -2.34. The summed E-state index contributed by atoms with van der Waals surface area (Å²) in [6.07, 6.45) is 0. The summed E-state index contributed by atoms with van der Waals surface area (Å²) in [6, 6.07) is 7.70. The zero-order valence-corrected chi connectivity index (χ0v) is 12.2. The van der Waals surface area contributed by atoms with Crippen molar-refractivity contribution in [1.82, 2.24) is 15.1 Å². The Hall–Kier alpha value is -1.26. The predicted molar refractivity (Wildman–Crippen MR) is 77.5 cm³/mol. The molecule has 0 spiro atoms. The van der Waals surface area contributed by atoms with Crippen LogP contribution in [0.4, 0.5) is 4.79 Å². The number of piperazine rings is 1. The molecule has 0 saturated carbocycles. The molecule has 2 amide bonds. The number of halogens is 1. The number of carbonyl (C=O) groups excluding carboxylic acids is 1. The van der Waals surface area contributed by atoms with Crippen molar-refractivity contribution >= 4 is 17.6 Å². The van der Waals surface area contributed by atoms with Gasteiger partial charge in [0.1, 0.15) is 0 Å². The smallest absolute Gasteiger partial charge is 0.320 e. The SMILES string of the molecule is CC(c1ccccc1Cl)N(C)C(=O)N1CCNCC1. The summed E-state index contributed by atoms with van der Waals surface area (Å²) in [7, 11) is 1.83. The number of hydrogen-bond acceptors (Lipinski definition) is 2. The van der Waals surface area contributed by atoms with Crippen LogP contribution < -0.4 is 5.32 Å². The quantitative estimate of drug-likeness (QED) is 0.903. The fourth-order valence-corrected chi connectivity index (χ4v) is 2.56. The van der Waals surface area contributed by atoms with Crippen molar-refractivity contribution in [3.8, 4) is 0 Å². The van der Waals surface area contributed by atoms with Crippen molar-refractivity contribution < 1.29 is 4.79 Å². The molecular formula is C14H20ClN3O. The molecule has 0 bridgehead atoms. The van der Waals surface area contributed by atoms with Gasteiger partial charge >= 0.3 is 6.03 Å². The largest absolute Gasteiger partial charge is 0.322 e. The highest BCUT2D eigenvalue weighted by atomic mass is 35.5. The van der Waals surface area contributed by atoms with Gasteiger partial charge in [-0.2, -0.15) is 0 Å². The number of rotatable bonds is 2. The molecule has 0 aromatic heterocycles. The summed E-state index contributed by atoms with van der Waals surface area (Å²) in [4.78, 5) is 16.0. The highest BCUT2D eigenvalue weighted by molar-refractivity contribution is 6.31. The molecule has 1 N–H and O–H groups in total. The topological polar surface area (TPSA) is 35.6 Å². The minimum absolute atomic E-state index is 0.0314. The second kappa shape index (κ2) is 6.26. The maximum absolute atomic E-state index is 12.4. The molecule has 19 heavy (non-hydrogen) atoms. The van der Waals surface area contributed by atoms with Crippen LogP contribution in [0.1, 0.15) is 18.5 Å². The zero-order chi connectivity index (χ0) is 13.8. The molecule has 1 aliphatic rings. The van der Waals surface area contributed by atoms with Gasteiger partial charge in [-0.25, -0.2) is 4.79 Å². The lowest BCUT2D eigenvalue weighted by atomic mass is 10.1. The minimum Gasteiger partial charge on any atom is -0.322 e. The highest BCUT2D eigenvalue weighted by Crippen LogP contribution is 2.26. The van der Waals surface area contributed by atoms with Gasteiger partial charge in [-0.15, -0.1) is 0 Å². The van der Waals surface area contributed by atoms with E-state index in [1.54, 1.807) is 4.90 Å². The number of nitrogens with zero attached hydrogens (tertiary/aromatic N) is 2. The lowest BCUT2D eigenvalue weighted by Crippen LogP contribution is -2.51. The van der Waals surface area contributed by atoms with Crippen LogP contribution in [-0.2, 0) is 0 Å². The third-order valence-corrected chi connectivity index (χ3v) is 3.97. The van der Waals surface area contributed by atoms with E-state index in [0.29, 0.717) is 5.02 Å². The first-order chi connectivity index (χ1) is 9.11. The first-order valence-electron chi connectivity index (χ1n) is 6.58. The Morgan fingerprint density at radius 2 is 2.00 bits per heavy atom. The van der Waals surface area contributed by atoms with Crippen molar-refractivity contribution in [2.45, 2.75) is 13.0 Å². The molecule has 2 rings (SSSR count). The Morgan fingerprint density at radius 3 is 2.63 bits per heavy atom. The van der Waals surface area contributed by atoms with Crippen LogP contribution in [0.2, 0.25) is 5.02 Å². The lowest BCUT2D eigenvalue weighted by molar-refractivity contribution is 0.143. The first kappa shape index (κ1) is 14.2. The molecule has 104 valence electrons. The summed E-state index contributed by atoms with van der Waals surface area (Å²) in [6.45, 7) is 5.25. The molecule has 1 unspecified atom stereocenters. The Bertz CT molecular complexity index is 446. The maximum Gasteiger partial charge on any atom is 0.320 e. The number of benzene rings is 1. The van der Waals surface area contributed by atoms with E-state index in [-0.39, 0.29) is 12.1 Å². The van der Waals surface area contributed by atoms with E-state index in [9.17, 15) is 4.79 Å². The van der Waals surface area contributed by atoms with E-state index in [0.717, 1.165) is 31.7 Å². The Labute approximate surface area is 119 Å². The van der Waals surface area contributed by atoms with E-state index >= 15 is 0 Å². The second-order valence-corrected chi connectivity index (χ2v) is 5.24. The molecule has 1 fully saturated rings. The van der Waals surface area contributed by atoms with Gasteiger partial charge in [0.05, 0.1) is 6.04 Å². The molecule has 1 heterocycles. The predicted octanol–water partition coefficient (Wildman–Crippen LogP) is 2.36. The van der Waals surface area contributed by atoms with Gasteiger partial charge in [0.15, 0.2) is 0 Å². The van der Waals surface area contributed by atoms with Crippen molar-refractivity contribution in [3.63, 3.8) is 0 Å². The van der Waals surface area contributed by atoms with E-state index in [1.807, 2.05) is 43.1 Å². The Morgan fingerprint density at radius 1 is 1.37 bits per heavy atom. The van der Waals surface area contributed by atoms with E-state index in [2.05, 4.69) is 5.32 Å². The Kier molecular flexibility index (Phi) is 4.66. The first-order valence-corrected chi connectivity index (χ1v) is 6.96.